The minimum absolute atomic E-state index is 0.802. The second-order valence-corrected chi connectivity index (χ2v) is 4.53. The minimum Gasteiger partial charge on any atom is -0.497 e. The molecule has 0 amide bonds. The van der Waals surface area contributed by atoms with Gasteiger partial charge in [-0.1, -0.05) is 43.5 Å². The first kappa shape index (κ1) is 11.3. The van der Waals surface area contributed by atoms with Crippen molar-refractivity contribution >= 4 is 6.08 Å². The van der Waals surface area contributed by atoms with Gasteiger partial charge in [-0.15, -0.1) is 0 Å². The summed E-state index contributed by atoms with van der Waals surface area (Å²) < 4.78 is 5.14. The molecule has 1 aromatic carbocycles. The normalized spacial score (nSPS) is 17.8. The van der Waals surface area contributed by atoms with Crippen LogP contribution >= 0.6 is 0 Å². The van der Waals surface area contributed by atoms with Gasteiger partial charge in [0.1, 0.15) is 5.75 Å². The molecule has 0 heterocycles. The van der Waals surface area contributed by atoms with Crippen LogP contribution in [0.25, 0.3) is 6.08 Å². The highest BCUT2D eigenvalue weighted by Gasteiger charge is 2.09. The summed E-state index contributed by atoms with van der Waals surface area (Å²) in [6, 6.07) is 8.25. The highest BCUT2D eigenvalue weighted by atomic mass is 16.5. The Kier molecular flexibility index (Phi) is 4.03. The van der Waals surface area contributed by atoms with Gasteiger partial charge in [-0.25, -0.2) is 0 Å². The molecule has 0 aromatic heterocycles. The lowest BCUT2D eigenvalue weighted by Crippen LogP contribution is -2.02. The van der Waals surface area contributed by atoms with Crippen molar-refractivity contribution < 1.29 is 4.74 Å². The molecule has 2 rings (SSSR count). The highest BCUT2D eigenvalue weighted by molar-refractivity contribution is 5.50. The molecule has 0 saturated heterocycles. The molecule has 0 atom stereocenters. The van der Waals surface area contributed by atoms with Gasteiger partial charge in [0.25, 0.3) is 0 Å². The Bertz CT molecular complexity index is 331. The van der Waals surface area contributed by atoms with E-state index in [1.165, 1.54) is 37.7 Å². The van der Waals surface area contributed by atoms with Crippen LogP contribution in [0.15, 0.2) is 30.3 Å². The van der Waals surface area contributed by atoms with E-state index in [1.54, 1.807) is 7.11 Å². The van der Waals surface area contributed by atoms with Gasteiger partial charge in [-0.05, 0) is 36.5 Å². The fourth-order valence-electron chi connectivity index (χ4n) is 2.29. The molecule has 0 aliphatic heterocycles. The van der Waals surface area contributed by atoms with E-state index in [1.807, 2.05) is 12.1 Å². The van der Waals surface area contributed by atoms with E-state index in [0.717, 1.165) is 11.7 Å². The van der Waals surface area contributed by atoms with Crippen molar-refractivity contribution in [3.05, 3.63) is 35.9 Å². The summed E-state index contributed by atoms with van der Waals surface area (Å²) in [4.78, 5) is 0. The van der Waals surface area contributed by atoms with Crippen LogP contribution in [0.2, 0.25) is 0 Å². The second-order valence-electron chi connectivity index (χ2n) is 4.53. The lowest BCUT2D eigenvalue weighted by molar-refractivity contribution is 0.414. The Hall–Kier alpha value is -1.24. The molecule has 1 aliphatic carbocycles. The van der Waals surface area contributed by atoms with Crippen molar-refractivity contribution in [3.8, 4) is 5.75 Å². The molecule has 0 bridgehead atoms. The summed E-state index contributed by atoms with van der Waals surface area (Å²) in [6.07, 6.45) is 11.6. The van der Waals surface area contributed by atoms with Crippen LogP contribution in [-0.2, 0) is 0 Å². The van der Waals surface area contributed by atoms with Crippen LogP contribution in [0.3, 0.4) is 0 Å². The fraction of sp³-hybridized carbons (Fsp3) is 0.467. The zero-order chi connectivity index (χ0) is 11.2. The average molecular weight is 216 g/mol. The van der Waals surface area contributed by atoms with Gasteiger partial charge in [0.15, 0.2) is 0 Å². The molecule has 16 heavy (non-hydrogen) atoms. The van der Waals surface area contributed by atoms with E-state index in [0.29, 0.717) is 0 Å². The summed E-state index contributed by atoms with van der Waals surface area (Å²) in [5.41, 5.74) is 1.27. The number of benzene rings is 1. The molecule has 0 spiro atoms. The predicted molar refractivity (Wildman–Crippen MR) is 68.6 cm³/mol. The van der Waals surface area contributed by atoms with Gasteiger partial charge in [0.2, 0.25) is 0 Å². The summed E-state index contributed by atoms with van der Waals surface area (Å²) in [5, 5.41) is 0. The number of ether oxygens (including phenoxy) is 1. The minimum atomic E-state index is 0.802. The van der Waals surface area contributed by atoms with Gasteiger partial charge < -0.3 is 4.74 Å². The van der Waals surface area contributed by atoms with Gasteiger partial charge in [0, 0.05) is 0 Å². The number of allylic oxidation sites excluding steroid dienone is 1. The van der Waals surface area contributed by atoms with Crippen molar-refractivity contribution in [3.63, 3.8) is 0 Å². The third kappa shape index (κ3) is 3.13. The van der Waals surface area contributed by atoms with Crippen molar-refractivity contribution in [2.24, 2.45) is 5.92 Å². The molecule has 1 saturated carbocycles. The van der Waals surface area contributed by atoms with E-state index in [4.69, 9.17) is 4.74 Å². The van der Waals surface area contributed by atoms with Crippen LogP contribution in [-0.4, -0.2) is 7.11 Å². The van der Waals surface area contributed by atoms with E-state index < -0.39 is 0 Å². The molecular formula is C15H20O. The third-order valence-electron chi connectivity index (χ3n) is 3.33. The lowest BCUT2D eigenvalue weighted by atomic mass is 9.89. The van der Waals surface area contributed by atoms with E-state index in [-0.39, 0.29) is 0 Å². The van der Waals surface area contributed by atoms with Gasteiger partial charge >= 0.3 is 0 Å². The summed E-state index contributed by atoms with van der Waals surface area (Å²) >= 11 is 0. The monoisotopic (exact) mass is 216 g/mol. The molecule has 1 nitrogen and oxygen atoms in total. The van der Waals surface area contributed by atoms with Gasteiger partial charge in [-0.2, -0.15) is 0 Å². The Morgan fingerprint density at radius 3 is 2.38 bits per heavy atom. The van der Waals surface area contributed by atoms with Crippen LogP contribution in [0.4, 0.5) is 0 Å². The SMILES string of the molecule is COc1ccc(/C=C\C2CCCCC2)cc1. The Morgan fingerprint density at radius 2 is 1.75 bits per heavy atom. The molecule has 86 valence electrons. The fourth-order valence-corrected chi connectivity index (χ4v) is 2.29. The van der Waals surface area contributed by atoms with Crippen LogP contribution in [0.1, 0.15) is 37.7 Å². The maximum atomic E-state index is 5.14. The van der Waals surface area contributed by atoms with Crippen molar-refractivity contribution in [1.82, 2.24) is 0 Å². The zero-order valence-corrected chi connectivity index (χ0v) is 9.99. The summed E-state index contributed by atoms with van der Waals surface area (Å²) in [7, 11) is 1.70. The first-order valence-corrected chi connectivity index (χ1v) is 6.21. The number of hydrogen-bond acceptors (Lipinski definition) is 1. The summed E-state index contributed by atoms with van der Waals surface area (Å²) in [6.45, 7) is 0. The van der Waals surface area contributed by atoms with Crippen LogP contribution < -0.4 is 4.74 Å². The number of rotatable bonds is 3. The van der Waals surface area contributed by atoms with Crippen molar-refractivity contribution in [1.29, 1.82) is 0 Å². The molecule has 1 heteroatoms. The number of hydrogen-bond donors (Lipinski definition) is 0. The molecule has 0 N–H and O–H groups in total. The summed E-state index contributed by atoms with van der Waals surface area (Å²) in [5.74, 6) is 1.73. The van der Waals surface area contributed by atoms with Gasteiger partial charge in [0.05, 0.1) is 7.11 Å². The average Bonchev–Trinajstić information content (AvgIpc) is 2.38. The van der Waals surface area contributed by atoms with Crippen molar-refractivity contribution in [2.75, 3.05) is 7.11 Å². The second kappa shape index (κ2) is 5.74. The molecular weight excluding hydrogens is 196 g/mol. The Morgan fingerprint density at radius 1 is 1.06 bits per heavy atom. The smallest absolute Gasteiger partial charge is 0.118 e. The maximum absolute atomic E-state index is 5.14. The van der Waals surface area contributed by atoms with E-state index in [9.17, 15) is 0 Å². The third-order valence-corrected chi connectivity index (χ3v) is 3.33. The Labute approximate surface area is 98.1 Å². The maximum Gasteiger partial charge on any atom is 0.118 e. The zero-order valence-electron chi connectivity index (χ0n) is 9.99. The van der Waals surface area contributed by atoms with E-state index in [2.05, 4.69) is 24.3 Å². The quantitative estimate of drug-likeness (QED) is 0.732. The molecule has 0 unspecified atom stereocenters. The number of methoxy groups -OCH3 is 1. The molecule has 1 aromatic rings. The highest BCUT2D eigenvalue weighted by Crippen LogP contribution is 2.25. The van der Waals surface area contributed by atoms with Crippen LogP contribution in [0, 0.1) is 5.92 Å². The first-order valence-electron chi connectivity index (χ1n) is 6.21. The predicted octanol–water partition coefficient (Wildman–Crippen LogP) is 4.29. The largest absolute Gasteiger partial charge is 0.497 e. The Balaban J connectivity index is 1.94. The molecule has 1 fully saturated rings. The van der Waals surface area contributed by atoms with Crippen LogP contribution in [0.5, 0.6) is 5.75 Å². The first-order chi connectivity index (χ1) is 7.88. The lowest BCUT2D eigenvalue weighted by Gasteiger charge is -2.17. The van der Waals surface area contributed by atoms with Crippen molar-refractivity contribution in [2.45, 2.75) is 32.1 Å². The molecule has 0 radical (unpaired) electrons. The standard InChI is InChI=1S/C15H20O/c1-16-15-11-9-14(10-12-15)8-7-13-5-3-2-4-6-13/h7-13H,2-6H2,1H3/b8-7-. The molecule has 1 aliphatic rings. The van der Waals surface area contributed by atoms with E-state index >= 15 is 0 Å². The van der Waals surface area contributed by atoms with Gasteiger partial charge in [-0.3, -0.25) is 0 Å². The topological polar surface area (TPSA) is 9.23 Å².